The predicted molar refractivity (Wildman–Crippen MR) is 101 cm³/mol. The number of anilines is 1. The molecular weight excluding hydrogens is 352 g/mol. The molecule has 1 atom stereocenters. The smallest absolute Gasteiger partial charge is 0.269 e. The van der Waals surface area contributed by atoms with E-state index >= 15 is 0 Å². The molecule has 0 aliphatic heterocycles. The Balaban J connectivity index is 1.87. The van der Waals surface area contributed by atoms with Crippen LogP contribution in [-0.4, -0.2) is 15.5 Å². The molecule has 2 aromatic rings. The van der Waals surface area contributed by atoms with Gasteiger partial charge in [-0.05, 0) is 54.6 Å². The summed E-state index contributed by atoms with van der Waals surface area (Å²) in [4.78, 5) is 14.2. The van der Waals surface area contributed by atoms with Crippen LogP contribution in [0.3, 0.4) is 0 Å². The zero-order valence-electron chi connectivity index (χ0n) is 15.0. The monoisotopic (exact) mass is 374 g/mol. The molecule has 1 amide bonds. The van der Waals surface area contributed by atoms with Crippen molar-refractivity contribution in [1.82, 2.24) is 9.59 Å². The van der Waals surface area contributed by atoms with Crippen molar-refractivity contribution in [1.29, 1.82) is 5.26 Å². The van der Waals surface area contributed by atoms with Gasteiger partial charge in [0.15, 0.2) is 0 Å². The molecule has 132 valence electrons. The zero-order valence-corrected chi connectivity index (χ0v) is 16.6. The van der Waals surface area contributed by atoms with Crippen molar-refractivity contribution in [3.05, 3.63) is 26.6 Å². The summed E-state index contributed by atoms with van der Waals surface area (Å²) in [6, 6.07) is 2.30. The van der Waals surface area contributed by atoms with E-state index in [-0.39, 0.29) is 5.91 Å². The number of amides is 1. The van der Waals surface area contributed by atoms with E-state index < -0.39 is 0 Å². The second-order valence-electron chi connectivity index (χ2n) is 7.24. The third kappa shape index (κ3) is 3.33. The van der Waals surface area contributed by atoms with Crippen molar-refractivity contribution in [2.75, 3.05) is 5.32 Å². The Hall–Kier alpha value is -1.78. The number of fused-ring (bicyclic) bond motifs is 1. The number of carbonyl (C=O) groups excluding carboxylic acids is 1. The SMILES string of the molecule is CCC(C)(C)C1CCc2c(sc(NC(=O)c3snnc3C)c2C#N)C1. The fraction of sp³-hybridized carbons (Fsp3) is 0.556. The van der Waals surface area contributed by atoms with Gasteiger partial charge in [-0.1, -0.05) is 31.7 Å². The largest absolute Gasteiger partial charge is 0.312 e. The number of aryl methyl sites for hydroxylation is 1. The van der Waals surface area contributed by atoms with E-state index in [4.69, 9.17) is 0 Å². The number of nitrogens with zero attached hydrogens (tertiary/aromatic N) is 3. The van der Waals surface area contributed by atoms with E-state index in [2.05, 4.69) is 41.7 Å². The van der Waals surface area contributed by atoms with Gasteiger partial charge in [-0.25, -0.2) is 0 Å². The number of aromatic nitrogens is 2. The number of nitriles is 1. The minimum absolute atomic E-state index is 0.229. The number of hydrogen-bond donors (Lipinski definition) is 1. The molecule has 1 unspecified atom stereocenters. The van der Waals surface area contributed by atoms with Gasteiger partial charge in [-0.3, -0.25) is 4.79 Å². The summed E-state index contributed by atoms with van der Waals surface area (Å²) in [7, 11) is 0. The lowest BCUT2D eigenvalue weighted by molar-refractivity contribution is 0.103. The van der Waals surface area contributed by atoms with E-state index in [0.717, 1.165) is 42.8 Å². The minimum atomic E-state index is -0.229. The summed E-state index contributed by atoms with van der Waals surface area (Å²) < 4.78 is 3.81. The molecule has 1 aliphatic carbocycles. The van der Waals surface area contributed by atoms with Gasteiger partial charge >= 0.3 is 0 Å². The fourth-order valence-electron chi connectivity index (χ4n) is 3.35. The molecule has 1 N–H and O–H groups in total. The van der Waals surface area contributed by atoms with Crippen LogP contribution in [-0.2, 0) is 12.8 Å². The number of nitrogens with one attached hydrogen (secondary N) is 1. The Kier molecular flexibility index (Phi) is 4.94. The molecule has 25 heavy (non-hydrogen) atoms. The van der Waals surface area contributed by atoms with Crippen LogP contribution in [0.2, 0.25) is 0 Å². The van der Waals surface area contributed by atoms with Crippen LogP contribution in [0.4, 0.5) is 5.00 Å². The Bertz CT molecular complexity index is 844. The third-order valence-corrected chi connectivity index (χ3v) is 7.47. The van der Waals surface area contributed by atoms with Gasteiger partial charge in [0.25, 0.3) is 5.91 Å². The first kappa shape index (κ1) is 18.0. The van der Waals surface area contributed by atoms with Gasteiger partial charge in [0, 0.05) is 4.88 Å². The number of thiophene rings is 1. The molecule has 1 aliphatic rings. The van der Waals surface area contributed by atoms with Crippen LogP contribution in [0.1, 0.15) is 65.0 Å². The van der Waals surface area contributed by atoms with Crippen molar-refractivity contribution in [2.45, 2.75) is 53.4 Å². The second kappa shape index (κ2) is 6.85. The van der Waals surface area contributed by atoms with Crippen LogP contribution in [0.25, 0.3) is 0 Å². The normalized spacial score (nSPS) is 17.0. The molecule has 0 spiro atoms. The summed E-state index contributed by atoms with van der Waals surface area (Å²) >= 11 is 2.64. The molecular formula is C18H22N4OS2. The Morgan fingerprint density at radius 2 is 2.24 bits per heavy atom. The molecule has 0 radical (unpaired) electrons. The summed E-state index contributed by atoms with van der Waals surface area (Å²) in [6.45, 7) is 8.65. The number of carbonyl (C=O) groups is 1. The molecule has 0 saturated heterocycles. The molecule has 7 heteroatoms. The molecule has 0 bridgehead atoms. The molecule has 0 fully saturated rings. The Morgan fingerprint density at radius 3 is 2.84 bits per heavy atom. The van der Waals surface area contributed by atoms with Gasteiger partial charge in [0.2, 0.25) is 0 Å². The number of hydrogen-bond acceptors (Lipinski definition) is 6. The van der Waals surface area contributed by atoms with Crippen LogP contribution in [0.5, 0.6) is 0 Å². The van der Waals surface area contributed by atoms with E-state index in [1.807, 2.05) is 0 Å². The lowest BCUT2D eigenvalue weighted by Gasteiger charge is -2.36. The summed E-state index contributed by atoms with van der Waals surface area (Å²) in [5.74, 6) is 0.389. The average molecular weight is 375 g/mol. The summed E-state index contributed by atoms with van der Waals surface area (Å²) in [5.41, 5.74) is 2.68. The lowest BCUT2D eigenvalue weighted by Crippen LogP contribution is -2.28. The topological polar surface area (TPSA) is 78.7 Å². The van der Waals surface area contributed by atoms with Gasteiger partial charge in [0.1, 0.15) is 15.9 Å². The molecule has 0 aromatic carbocycles. The van der Waals surface area contributed by atoms with Crippen molar-refractivity contribution in [2.24, 2.45) is 11.3 Å². The van der Waals surface area contributed by atoms with Crippen molar-refractivity contribution in [3.8, 4) is 6.07 Å². The molecule has 0 saturated carbocycles. The molecule has 2 aromatic heterocycles. The maximum absolute atomic E-state index is 12.5. The Labute approximate surface area is 156 Å². The van der Waals surface area contributed by atoms with E-state index in [1.165, 1.54) is 4.88 Å². The van der Waals surface area contributed by atoms with Gasteiger partial charge in [-0.15, -0.1) is 16.4 Å². The average Bonchev–Trinajstić information content (AvgIpc) is 3.16. The van der Waals surface area contributed by atoms with Gasteiger partial charge in [0.05, 0.1) is 11.3 Å². The fourth-order valence-corrected chi connectivity index (χ4v) is 5.17. The standard InChI is InChI=1S/C18H22N4OS2/c1-5-18(3,4)11-6-7-12-13(9-19)17(24-14(12)8-11)20-16(23)15-10(2)21-22-25-15/h11H,5-8H2,1-4H3,(H,20,23). The number of rotatable bonds is 4. The lowest BCUT2D eigenvalue weighted by atomic mass is 9.69. The minimum Gasteiger partial charge on any atom is -0.312 e. The highest BCUT2D eigenvalue weighted by Crippen LogP contribution is 2.45. The van der Waals surface area contributed by atoms with Gasteiger partial charge in [-0.2, -0.15) is 5.26 Å². The third-order valence-electron chi connectivity index (χ3n) is 5.48. The summed E-state index contributed by atoms with van der Waals surface area (Å²) in [6.07, 6.45) is 4.15. The van der Waals surface area contributed by atoms with Gasteiger partial charge < -0.3 is 5.32 Å². The van der Waals surface area contributed by atoms with Crippen LogP contribution in [0.15, 0.2) is 0 Å². The quantitative estimate of drug-likeness (QED) is 0.850. The van der Waals surface area contributed by atoms with Crippen molar-refractivity contribution in [3.63, 3.8) is 0 Å². The first-order chi connectivity index (χ1) is 11.9. The summed E-state index contributed by atoms with van der Waals surface area (Å²) in [5, 5.41) is 17.1. The van der Waals surface area contributed by atoms with E-state index in [0.29, 0.717) is 32.5 Å². The molecule has 5 nitrogen and oxygen atoms in total. The maximum atomic E-state index is 12.5. The predicted octanol–water partition coefficient (Wildman–Crippen LogP) is 4.57. The first-order valence-electron chi connectivity index (χ1n) is 8.52. The molecule has 2 heterocycles. The van der Waals surface area contributed by atoms with Crippen molar-refractivity contribution < 1.29 is 4.79 Å². The Morgan fingerprint density at radius 1 is 1.48 bits per heavy atom. The molecule has 3 rings (SSSR count). The first-order valence-corrected chi connectivity index (χ1v) is 10.1. The van der Waals surface area contributed by atoms with Crippen LogP contribution < -0.4 is 5.32 Å². The highest BCUT2D eigenvalue weighted by Gasteiger charge is 2.34. The second-order valence-corrected chi connectivity index (χ2v) is 9.10. The maximum Gasteiger partial charge on any atom is 0.269 e. The van der Waals surface area contributed by atoms with Crippen molar-refractivity contribution >= 4 is 33.8 Å². The highest BCUT2D eigenvalue weighted by molar-refractivity contribution is 7.17. The zero-order chi connectivity index (χ0) is 18.2. The van der Waals surface area contributed by atoms with Crippen LogP contribution >= 0.6 is 22.9 Å². The van der Waals surface area contributed by atoms with E-state index in [1.54, 1.807) is 18.3 Å². The van der Waals surface area contributed by atoms with Crippen LogP contribution in [0, 0.1) is 29.6 Å². The highest BCUT2D eigenvalue weighted by atomic mass is 32.1. The van der Waals surface area contributed by atoms with E-state index in [9.17, 15) is 10.1 Å².